The molecular weight excluding hydrogens is 403 g/mol. The monoisotopic (exact) mass is 426 g/mol. The van der Waals surface area contributed by atoms with Gasteiger partial charge < -0.3 is 15.8 Å². The Labute approximate surface area is 154 Å². The van der Waals surface area contributed by atoms with E-state index in [1.54, 1.807) is 6.20 Å². The Balaban J connectivity index is 0.00000264. The number of anilines is 1. The number of hydrogen-bond acceptors (Lipinski definition) is 3. The lowest BCUT2D eigenvalue weighted by Crippen LogP contribution is -2.23. The lowest BCUT2D eigenvalue weighted by molar-refractivity contribution is 0.242. The van der Waals surface area contributed by atoms with Gasteiger partial charge in [-0.2, -0.15) is 0 Å². The highest BCUT2D eigenvalue weighted by atomic mass is 127. The summed E-state index contributed by atoms with van der Waals surface area (Å²) in [7, 11) is 0. The van der Waals surface area contributed by atoms with Crippen molar-refractivity contribution in [3.05, 3.63) is 54.4 Å². The molecule has 1 heterocycles. The maximum Gasteiger partial charge on any atom is 0.193 e. The summed E-state index contributed by atoms with van der Waals surface area (Å²) < 4.78 is 5.59. The van der Waals surface area contributed by atoms with E-state index in [0.717, 1.165) is 23.6 Å². The molecule has 0 saturated carbocycles. The number of aromatic nitrogens is 1. The van der Waals surface area contributed by atoms with Crippen molar-refractivity contribution in [1.82, 2.24) is 4.98 Å². The predicted molar refractivity (Wildman–Crippen MR) is 106 cm³/mol. The van der Waals surface area contributed by atoms with Gasteiger partial charge in [-0.1, -0.05) is 6.07 Å². The van der Waals surface area contributed by atoms with Gasteiger partial charge in [0.1, 0.15) is 5.75 Å². The van der Waals surface area contributed by atoms with Gasteiger partial charge in [0, 0.05) is 30.5 Å². The number of pyridine rings is 1. The highest BCUT2D eigenvalue weighted by Crippen LogP contribution is 2.16. The maximum atomic E-state index is 5.88. The van der Waals surface area contributed by atoms with Crippen molar-refractivity contribution in [2.24, 2.45) is 10.7 Å². The molecule has 0 saturated heterocycles. The lowest BCUT2D eigenvalue weighted by Gasteiger charge is -2.10. The molecule has 0 atom stereocenters. The number of benzene rings is 1. The lowest BCUT2D eigenvalue weighted by atomic mass is 10.3. The first-order valence-electron chi connectivity index (χ1n) is 7.37. The summed E-state index contributed by atoms with van der Waals surface area (Å²) in [6, 6.07) is 13.5. The molecule has 2 rings (SSSR count). The molecule has 0 unspecified atom stereocenters. The van der Waals surface area contributed by atoms with Crippen LogP contribution in [0.2, 0.25) is 0 Å². The fourth-order valence-electron chi connectivity index (χ4n) is 1.91. The van der Waals surface area contributed by atoms with Crippen LogP contribution in [0.5, 0.6) is 5.75 Å². The number of nitrogens with one attached hydrogen (secondary N) is 1. The summed E-state index contributed by atoms with van der Waals surface area (Å²) in [4.78, 5) is 8.55. The van der Waals surface area contributed by atoms with Gasteiger partial charge in [0.2, 0.25) is 0 Å². The van der Waals surface area contributed by atoms with Gasteiger partial charge in [-0.05, 0) is 50.2 Å². The smallest absolute Gasteiger partial charge is 0.193 e. The maximum absolute atomic E-state index is 5.88. The Hall–Kier alpha value is -1.83. The van der Waals surface area contributed by atoms with Crippen LogP contribution in [0.25, 0.3) is 0 Å². The quantitative estimate of drug-likeness (QED) is 0.422. The number of ether oxygens (including phenoxy) is 1. The molecule has 0 amide bonds. The van der Waals surface area contributed by atoms with Gasteiger partial charge in [-0.25, -0.2) is 0 Å². The molecule has 3 N–H and O–H groups in total. The number of nitrogens with zero attached hydrogens (tertiary/aromatic N) is 2. The standard InChI is InChI=1S/C17H22N4O.HI/c1-13(2)22-16-8-6-15(7-9-16)21-17(18)20-12-10-14-5-3-4-11-19-14;/h3-9,11,13H,10,12H2,1-2H3,(H3,18,20,21);1H. The minimum absolute atomic E-state index is 0. The molecule has 6 heteroatoms. The van der Waals surface area contributed by atoms with Crippen molar-refractivity contribution < 1.29 is 4.74 Å². The van der Waals surface area contributed by atoms with E-state index in [4.69, 9.17) is 10.5 Å². The fraction of sp³-hybridized carbons (Fsp3) is 0.294. The second-order valence-corrected chi connectivity index (χ2v) is 5.15. The van der Waals surface area contributed by atoms with Crippen LogP contribution in [0.1, 0.15) is 19.5 Å². The van der Waals surface area contributed by atoms with Crippen LogP contribution < -0.4 is 15.8 Å². The van der Waals surface area contributed by atoms with E-state index in [-0.39, 0.29) is 30.1 Å². The summed E-state index contributed by atoms with van der Waals surface area (Å²) >= 11 is 0. The van der Waals surface area contributed by atoms with E-state index in [9.17, 15) is 0 Å². The Morgan fingerprint density at radius 1 is 1.22 bits per heavy atom. The van der Waals surface area contributed by atoms with Crippen molar-refractivity contribution >= 4 is 35.6 Å². The second kappa shape index (κ2) is 10.0. The molecule has 1 aromatic heterocycles. The molecule has 0 bridgehead atoms. The third-order valence-corrected chi connectivity index (χ3v) is 2.87. The minimum Gasteiger partial charge on any atom is -0.491 e. The van der Waals surface area contributed by atoms with E-state index >= 15 is 0 Å². The van der Waals surface area contributed by atoms with Crippen LogP contribution in [0.15, 0.2) is 53.7 Å². The Kier molecular flexibility index (Phi) is 8.39. The van der Waals surface area contributed by atoms with Crippen LogP contribution in [0.4, 0.5) is 5.69 Å². The molecule has 0 aliphatic carbocycles. The highest BCUT2D eigenvalue weighted by molar-refractivity contribution is 14.0. The molecule has 0 radical (unpaired) electrons. The molecule has 0 aliphatic heterocycles. The third-order valence-electron chi connectivity index (χ3n) is 2.87. The van der Waals surface area contributed by atoms with Gasteiger partial charge in [-0.3, -0.25) is 9.98 Å². The van der Waals surface area contributed by atoms with Crippen molar-refractivity contribution in [1.29, 1.82) is 0 Å². The van der Waals surface area contributed by atoms with Crippen LogP contribution in [0, 0.1) is 0 Å². The molecule has 0 spiro atoms. The van der Waals surface area contributed by atoms with Gasteiger partial charge in [0.05, 0.1) is 6.10 Å². The Morgan fingerprint density at radius 2 is 1.96 bits per heavy atom. The van der Waals surface area contributed by atoms with Crippen molar-refractivity contribution in [2.45, 2.75) is 26.4 Å². The summed E-state index contributed by atoms with van der Waals surface area (Å²) in [6.45, 7) is 4.60. The summed E-state index contributed by atoms with van der Waals surface area (Å²) in [6.07, 6.45) is 2.71. The highest BCUT2D eigenvalue weighted by Gasteiger charge is 1.99. The summed E-state index contributed by atoms with van der Waals surface area (Å²) in [5, 5.41) is 3.06. The Morgan fingerprint density at radius 3 is 2.57 bits per heavy atom. The fourth-order valence-corrected chi connectivity index (χ4v) is 1.91. The normalized spacial score (nSPS) is 11.0. The van der Waals surface area contributed by atoms with Crippen molar-refractivity contribution in [2.75, 3.05) is 11.9 Å². The van der Waals surface area contributed by atoms with Crippen LogP contribution in [0.3, 0.4) is 0 Å². The molecule has 1 aromatic carbocycles. The number of hydrogen-bond donors (Lipinski definition) is 2. The van der Waals surface area contributed by atoms with Crippen LogP contribution in [-0.4, -0.2) is 23.6 Å². The van der Waals surface area contributed by atoms with Crippen molar-refractivity contribution in [3.63, 3.8) is 0 Å². The SMILES string of the molecule is CC(C)Oc1ccc(NC(N)=NCCc2ccccn2)cc1.I. The second-order valence-electron chi connectivity index (χ2n) is 5.15. The average molecular weight is 426 g/mol. The van der Waals surface area contributed by atoms with E-state index in [1.165, 1.54) is 0 Å². The van der Waals surface area contributed by atoms with E-state index in [1.807, 2.05) is 56.3 Å². The summed E-state index contributed by atoms with van der Waals surface area (Å²) in [5.41, 5.74) is 7.77. The van der Waals surface area contributed by atoms with Gasteiger partial charge in [0.15, 0.2) is 5.96 Å². The largest absolute Gasteiger partial charge is 0.491 e. The predicted octanol–water partition coefficient (Wildman–Crippen LogP) is 3.46. The number of guanidine groups is 1. The third kappa shape index (κ3) is 7.32. The van der Waals surface area contributed by atoms with Gasteiger partial charge in [-0.15, -0.1) is 24.0 Å². The van der Waals surface area contributed by atoms with Crippen molar-refractivity contribution in [3.8, 4) is 5.75 Å². The van der Waals surface area contributed by atoms with Gasteiger partial charge >= 0.3 is 0 Å². The summed E-state index contributed by atoms with van der Waals surface area (Å²) in [5.74, 6) is 1.24. The molecule has 2 aromatic rings. The minimum atomic E-state index is 0. The molecule has 0 aliphatic rings. The van der Waals surface area contributed by atoms with E-state index in [0.29, 0.717) is 12.5 Å². The van der Waals surface area contributed by atoms with Crippen LogP contribution in [-0.2, 0) is 6.42 Å². The van der Waals surface area contributed by atoms with E-state index in [2.05, 4.69) is 15.3 Å². The zero-order chi connectivity index (χ0) is 15.8. The number of rotatable bonds is 6. The zero-order valence-corrected chi connectivity index (χ0v) is 15.7. The first-order valence-corrected chi connectivity index (χ1v) is 7.37. The molecule has 5 nitrogen and oxygen atoms in total. The number of aliphatic imine (C=N–C) groups is 1. The average Bonchev–Trinajstić information content (AvgIpc) is 2.50. The first kappa shape index (κ1) is 19.2. The molecule has 23 heavy (non-hydrogen) atoms. The zero-order valence-electron chi connectivity index (χ0n) is 13.4. The Bertz CT molecular complexity index is 600. The number of halogens is 1. The van der Waals surface area contributed by atoms with E-state index < -0.39 is 0 Å². The molecule has 0 fully saturated rings. The van der Waals surface area contributed by atoms with Crippen LogP contribution >= 0.6 is 24.0 Å². The van der Waals surface area contributed by atoms with Gasteiger partial charge in [0.25, 0.3) is 0 Å². The molecule has 124 valence electrons. The topological polar surface area (TPSA) is 72.5 Å². The number of nitrogens with two attached hydrogens (primary N) is 1. The first-order chi connectivity index (χ1) is 10.6. The molecular formula is C17H23IN4O.